The smallest absolute Gasteiger partial charge is 0.304 e. The fourth-order valence-electron chi connectivity index (χ4n) is 1.65. The fourth-order valence-corrected chi connectivity index (χ4v) is 1.87. The topological polar surface area (TPSA) is 50.4 Å². The molecule has 0 radical (unpaired) electrons. The Labute approximate surface area is 97.6 Å². The van der Waals surface area contributed by atoms with Crippen molar-refractivity contribution in [3.63, 3.8) is 0 Å². The Kier molecular flexibility index (Phi) is 2.88. The average Bonchev–Trinajstić information content (AvgIpc) is 2.61. The quantitative estimate of drug-likeness (QED) is 0.888. The van der Waals surface area contributed by atoms with Crippen molar-refractivity contribution in [3.8, 4) is 0 Å². The summed E-state index contributed by atoms with van der Waals surface area (Å²) in [5.74, 6) is -0.328. The first-order valence-electron chi connectivity index (χ1n) is 4.97. The minimum atomic E-state index is -0.834. The predicted molar refractivity (Wildman–Crippen MR) is 61.9 cm³/mol. The van der Waals surface area contributed by atoms with E-state index in [1.165, 1.54) is 0 Å². The van der Waals surface area contributed by atoms with Crippen LogP contribution in [0, 0.1) is 0 Å². The van der Waals surface area contributed by atoms with Crippen LogP contribution >= 0.6 is 11.6 Å². The fraction of sp³-hybridized carbons (Fsp3) is 0.250. The highest BCUT2D eigenvalue weighted by Crippen LogP contribution is 2.31. The minimum absolute atomic E-state index is 0.0530. The van der Waals surface area contributed by atoms with E-state index in [2.05, 4.69) is 0 Å². The number of carboxylic acid groups (broad SMARTS) is 1. The van der Waals surface area contributed by atoms with Crippen LogP contribution in [-0.2, 0) is 4.79 Å². The van der Waals surface area contributed by atoms with Crippen LogP contribution in [0.4, 0.5) is 0 Å². The molecule has 0 spiro atoms. The lowest BCUT2D eigenvalue weighted by Crippen LogP contribution is -2.01. The second-order valence-corrected chi connectivity index (χ2v) is 4.21. The number of halogens is 1. The van der Waals surface area contributed by atoms with Gasteiger partial charge in [0.05, 0.1) is 11.4 Å². The lowest BCUT2D eigenvalue weighted by Gasteiger charge is -2.02. The van der Waals surface area contributed by atoms with E-state index in [1.807, 2.05) is 19.1 Å². The predicted octanol–water partition coefficient (Wildman–Crippen LogP) is 3.66. The SMILES string of the molecule is CC(CC(=O)O)c1cc2c(Cl)cccc2o1. The number of benzene rings is 1. The Morgan fingerprint density at radius 3 is 2.94 bits per heavy atom. The molecule has 1 unspecified atom stereocenters. The van der Waals surface area contributed by atoms with Gasteiger partial charge in [-0.3, -0.25) is 4.79 Å². The molecule has 0 saturated carbocycles. The maximum absolute atomic E-state index is 10.6. The van der Waals surface area contributed by atoms with Crippen LogP contribution in [0.25, 0.3) is 11.0 Å². The Bertz CT molecular complexity index is 530. The number of hydrogen-bond donors (Lipinski definition) is 1. The Morgan fingerprint density at radius 2 is 2.31 bits per heavy atom. The molecule has 2 aromatic rings. The number of furan rings is 1. The van der Waals surface area contributed by atoms with E-state index in [-0.39, 0.29) is 12.3 Å². The van der Waals surface area contributed by atoms with Crippen LogP contribution in [0.5, 0.6) is 0 Å². The Balaban J connectivity index is 2.39. The zero-order valence-electron chi connectivity index (χ0n) is 8.74. The third kappa shape index (κ3) is 2.04. The van der Waals surface area contributed by atoms with E-state index < -0.39 is 5.97 Å². The molecule has 0 aliphatic heterocycles. The minimum Gasteiger partial charge on any atom is -0.481 e. The summed E-state index contributed by atoms with van der Waals surface area (Å²) in [4.78, 5) is 10.6. The lowest BCUT2D eigenvalue weighted by atomic mass is 10.1. The molecule has 0 saturated heterocycles. The van der Waals surface area contributed by atoms with Gasteiger partial charge in [-0.1, -0.05) is 24.6 Å². The maximum atomic E-state index is 10.6. The van der Waals surface area contributed by atoms with Gasteiger partial charge in [0.15, 0.2) is 0 Å². The summed E-state index contributed by atoms with van der Waals surface area (Å²) in [7, 11) is 0. The first-order valence-corrected chi connectivity index (χ1v) is 5.35. The molecule has 3 nitrogen and oxygen atoms in total. The average molecular weight is 239 g/mol. The summed E-state index contributed by atoms with van der Waals surface area (Å²) >= 11 is 6.00. The molecule has 0 aliphatic rings. The summed E-state index contributed by atoms with van der Waals surface area (Å²) in [6.07, 6.45) is 0.0530. The summed E-state index contributed by atoms with van der Waals surface area (Å²) in [5.41, 5.74) is 0.694. The molecular formula is C12H11ClO3. The zero-order chi connectivity index (χ0) is 11.7. The second kappa shape index (κ2) is 4.18. The number of rotatable bonds is 3. The van der Waals surface area contributed by atoms with Gasteiger partial charge in [0, 0.05) is 11.3 Å². The highest BCUT2D eigenvalue weighted by atomic mass is 35.5. The van der Waals surface area contributed by atoms with Crippen molar-refractivity contribution < 1.29 is 14.3 Å². The van der Waals surface area contributed by atoms with Crippen molar-refractivity contribution in [3.05, 3.63) is 35.0 Å². The first-order chi connectivity index (χ1) is 7.58. The third-order valence-electron chi connectivity index (χ3n) is 2.49. The summed E-state index contributed by atoms with van der Waals surface area (Å²) in [6.45, 7) is 1.82. The lowest BCUT2D eigenvalue weighted by molar-refractivity contribution is -0.137. The molecule has 0 fully saturated rings. The van der Waals surface area contributed by atoms with Gasteiger partial charge in [0.1, 0.15) is 11.3 Å². The molecule has 0 amide bonds. The van der Waals surface area contributed by atoms with Crippen LogP contribution in [-0.4, -0.2) is 11.1 Å². The van der Waals surface area contributed by atoms with Crippen LogP contribution in [0.3, 0.4) is 0 Å². The highest BCUT2D eigenvalue weighted by molar-refractivity contribution is 6.35. The monoisotopic (exact) mass is 238 g/mol. The van der Waals surface area contributed by atoms with Gasteiger partial charge in [-0.05, 0) is 18.2 Å². The molecule has 1 aromatic heterocycles. The summed E-state index contributed by atoms with van der Waals surface area (Å²) in [5, 5.41) is 10.2. The molecule has 2 rings (SSSR count). The highest BCUT2D eigenvalue weighted by Gasteiger charge is 2.15. The van der Waals surface area contributed by atoms with Gasteiger partial charge < -0.3 is 9.52 Å². The standard InChI is InChI=1S/C12H11ClO3/c1-7(5-12(14)15)11-6-8-9(13)3-2-4-10(8)16-11/h2-4,6-7H,5H2,1H3,(H,14,15). The van der Waals surface area contributed by atoms with Crippen molar-refractivity contribution in [2.75, 3.05) is 0 Å². The van der Waals surface area contributed by atoms with Crippen molar-refractivity contribution in [1.82, 2.24) is 0 Å². The molecule has 16 heavy (non-hydrogen) atoms. The van der Waals surface area contributed by atoms with Crippen molar-refractivity contribution in [2.45, 2.75) is 19.3 Å². The molecule has 84 valence electrons. The molecule has 1 atom stereocenters. The van der Waals surface area contributed by atoms with Gasteiger partial charge in [-0.15, -0.1) is 0 Å². The molecule has 1 aromatic carbocycles. The molecule has 1 heterocycles. The zero-order valence-corrected chi connectivity index (χ0v) is 9.49. The normalized spacial score (nSPS) is 12.9. The Hall–Kier alpha value is -1.48. The molecule has 1 N–H and O–H groups in total. The van der Waals surface area contributed by atoms with Crippen molar-refractivity contribution in [1.29, 1.82) is 0 Å². The number of aliphatic carboxylic acids is 1. The van der Waals surface area contributed by atoms with E-state index in [4.69, 9.17) is 21.1 Å². The number of carbonyl (C=O) groups is 1. The second-order valence-electron chi connectivity index (χ2n) is 3.80. The van der Waals surface area contributed by atoms with Crippen LogP contribution in [0.1, 0.15) is 25.0 Å². The van der Waals surface area contributed by atoms with Crippen LogP contribution in [0.15, 0.2) is 28.7 Å². The van der Waals surface area contributed by atoms with Gasteiger partial charge in [-0.2, -0.15) is 0 Å². The molecular weight excluding hydrogens is 228 g/mol. The van der Waals surface area contributed by atoms with E-state index in [0.717, 1.165) is 5.39 Å². The number of carboxylic acids is 1. The van der Waals surface area contributed by atoms with Crippen LogP contribution in [0.2, 0.25) is 5.02 Å². The largest absolute Gasteiger partial charge is 0.481 e. The van der Waals surface area contributed by atoms with E-state index in [0.29, 0.717) is 16.4 Å². The van der Waals surface area contributed by atoms with E-state index >= 15 is 0 Å². The van der Waals surface area contributed by atoms with Gasteiger partial charge in [-0.25, -0.2) is 0 Å². The molecule has 0 aliphatic carbocycles. The van der Waals surface area contributed by atoms with Gasteiger partial charge >= 0.3 is 5.97 Å². The number of fused-ring (bicyclic) bond motifs is 1. The summed E-state index contributed by atoms with van der Waals surface area (Å²) < 4.78 is 5.56. The third-order valence-corrected chi connectivity index (χ3v) is 2.82. The van der Waals surface area contributed by atoms with Crippen molar-refractivity contribution >= 4 is 28.5 Å². The maximum Gasteiger partial charge on any atom is 0.304 e. The van der Waals surface area contributed by atoms with E-state index in [1.54, 1.807) is 12.1 Å². The molecule has 4 heteroatoms. The molecule has 0 bridgehead atoms. The Morgan fingerprint density at radius 1 is 1.56 bits per heavy atom. The number of hydrogen-bond acceptors (Lipinski definition) is 2. The van der Waals surface area contributed by atoms with Gasteiger partial charge in [0.2, 0.25) is 0 Å². The van der Waals surface area contributed by atoms with Crippen molar-refractivity contribution in [2.24, 2.45) is 0 Å². The summed E-state index contributed by atoms with van der Waals surface area (Å²) in [6, 6.07) is 7.22. The van der Waals surface area contributed by atoms with E-state index in [9.17, 15) is 4.79 Å². The first kappa shape index (κ1) is 11.0. The van der Waals surface area contributed by atoms with Crippen LogP contribution < -0.4 is 0 Å². The van der Waals surface area contributed by atoms with Gasteiger partial charge in [0.25, 0.3) is 0 Å².